The van der Waals surface area contributed by atoms with Crippen LogP contribution in [0.5, 0.6) is 11.5 Å². The molecule has 4 nitrogen and oxygen atoms in total. The number of alkyl halides is 6. The van der Waals surface area contributed by atoms with E-state index in [1.807, 2.05) is 0 Å². The Kier molecular flexibility index (Phi) is 6.10. The molecule has 0 aromatic heterocycles. The van der Waals surface area contributed by atoms with Gasteiger partial charge in [0.05, 0.1) is 25.3 Å². The second-order valence-electron chi connectivity index (χ2n) is 5.67. The van der Waals surface area contributed by atoms with Crippen molar-refractivity contribution in [3.8, 4) is 11.5 Å². The number of halogens is 6. The molecule has 0 fully saturated rings. The van der Waals surface area contributed by atoms with Gasteiger partial charge in [-0.05, 0) is 35.9 Å². The van der Waals surface area contributed by atoms with Gasteiger partial charge in [-0.1, -0.05) is 6.07 Å². The lowest BCUT2D eigenvalue weighted by molar-refractivity contribution is -0.143. The van der Waals surface area contributed by atoms with Crippen LogP contribution in [0, 0.1) is 0 Å². The molecule has 0 saturated carbocycles. The molecule has 0 saturated heterocycles. The Labute approximate surface area is 156 Å². The molecule has 0 unspecified atom stereocenters. The van der Waals surface area contributed by atoms with E-state index in [1.165, 1.54) is 20.3 Å². The van der Waals surface area contributed by atoms with Gasteiger partial charge in [-0.3, -0.25) is 4.79 Å². The van der Waals surface area contributed by atoms with Crippen LogP contribution in [-0.2, 0) is 18.9 Å². The van der Waals surface area contributed by atoms with E-state index in [0.717, 1.165) is 0 Å². The Balaban J connectivity index is 2.26. The SMILES string of the molecule is COc1ccc(CNC(=O)c2cc(C(F)(F)F)cc(C(F)(F)F)c2)cc1OC. The van der Waals surface area contributed by atoms with Crippen LogP contribution in [0.4, 0.5) is 26.3 Å². The molecule has 10 heteroatoms. The maximum Gasteiger partial charge on any atom is 0.416 e. The van der Waals surface area contributed by atoms with Gasteiger partial charge in [-0.15, -0.1) is 0 Å². The maximum atomic E-state index is 12.9. The van der Waals surface area contributed by atoms with Crippen molar-refractivity contribution in [1.29, 1.82) is 0 Å². The zero-order chi connectivity index (χ0) is 21.1. The summed E-state index contributed by atoms with van der Waals surface area (Å²) in [5.41, 5.74) is -3.35. The number of nitrogens with one attached hydrogen (secondary N) is 1. The molecule has 0 radical (unpaired) electrons. The summed E-state index contributed by atoms with van der Waals surface area (Å²) < 4.78 is 87.4. The lowest BCUT2D eigenvalue weighted by Crippen LogP contribution is -2.24. The summed E-state index contributed by atoms with van der Waals surface area (Å²) in [5, 5.41) is 2.29. The van der Waals surface area contributed by atoms with Crippen LogP contribution in [0.25, 0.3) is 0 Å². The van der Waals surface area contributed by atoms with Crippen LogP contribution in [0.2, 0.25) is 0 Å². The number of ether oxygens (including phenoxy) is 2. The molecule has 152 valence electrons. The second kappa shape index (κ2) is 7.99. The smallest absolute Gasteiger partial charge is 0.416 e. The first kappa shape index (κ1) is 21.4. The van der Waals surface area contributed by atoms with E-state index < -0.39 is 35.0 Å². The number of rotatable bonds is 5. The van der Waals surface area contributed by atoms with Gasteiger partial charge in [0.2, 0.25) is 0 Å². The van der Waals surface area contributed by atoms with E-state index in [4.69, 9.17) is 9.47 Å². The first-order chi connectivity index (χ1) is 13.0. The standard InChI is InChI=1S/C18H15F6NO3/c1-27-14-4-3-10(5-15(14)28-2)9-25-16(26)11-6-12(17(19,20)21)8-13(7-11)18(22,23)24/h3-8H,9H2,1-2H3,(H,25,26). The summed E-state index contributed by atoms with van der Waals surface area (Å²) in [6.45, 7) is -0.142. The van der Waals surface area contributed by atoms with Crippen LogP contribution in [0.15, 0.2) is 36.4 Å². The van der Waals surface area contributed by atoms with E-state index in [9.17, 15) is 31.1 Å². The monoisotopic (exact) mass is 407 g/mol. The molecule has 1 amide bonds. The van der Waals surface area contributed by atoms with Crippen molar-refractivity contribution >= 4 is 5.91 Å². The minimum Gasteiger partial charge on any atom is -0.493 e. The van der Waals surface area contributed by atoms with Crippen molar-refractivity contribution in [1.82, 2.24) is 5.32 Å². The van der Waals surface area contributed by atoms with E-state index in [-0.39, 0.29) is 12.6 Å². The Morgan fingerprint density at radius 3 is 1.86 bits per heavy atom. The van der Waals surface area contributed by atoms with Gasteiger partial charge in [-0.2, -0.15) is 26.3 Å². The van der Waals surface area contributed by atoms with Crippen molar-refractivity contribution in [3.63, 3.8) is 0 Å². The van der Waals surface area contributed by atoms with Crippen LogP contribution < -0.4 is 14.8 Å². The lowest BCUT2D eigenvalue weighted by Gasteiger charge is -2.14. The quantitative estimate of drug-likeness (QED) is 0.733. The van der Waals surface area contributed by atoms with Crippen molar-refractivity contribution in [3.05, 3.63) is 58.7 Å². The number of benzene rings is 2. The van der Waals surface area contributed by atoms with Gasteiger partial charge in [0.15, 0.2) is 11.5 Å². The van der Waals surface area contributed by atoms with Crippen molar-refractivity contribution in [2.24, 2.45) is 0 Å². The number of hydrogen-bond acceptors (Lipinski definition) is 3. The number of carbonyl (C=O) groups excluding carboxylic acids is 1. The molecule has 0 spiro atoms. The summed E-state index contributed by atoms with van der Waals surface area (Å²) in [4.78, 5) is 12.2. The molecule has 0 bridgehead atoms. The van der Waals surface area contributed by atoms with Crippen molar-refractivity contribution in [2.75, 3.05) is 14.2 Å². The van der Waals surface area contributed by atoms with Crippen LogP contribution in [0.1, 0.15) is 27.0 Å². The summed E-state index contributed by atoms with van der Waals surface area (Å²) in [6, 6.07) is 5.34. The second-order valence-corrected chi connectivity index (χ2v) is 5.67. The highest BCUT2D eigenvalue weighted by molar-refractivity contribution is 5.94. The molecule has 2 aromatic carbocycles. The van der Waals surface area contributed by atoms with Crippen LogP contribution >= 0.6 is 0 Å². The van der Waals surface area contributed by atoms with E-state index in [1.54, 1.807) is 12.1 Å². The van der Waals surface area contributed by atoms with E-state index in [0.29, 0.717) is 29.2 Å². The number of methoxy groups -OCH3 is 2. The van der Waals surface area contributed by atoms with E-state index in [2.05, 4.69) is 5.32 Å². The summed E-state index contributed by atoms with van der Waals surface area (Å²) in [7, 11) is 2.81. The molecule has 2 rings (SSSR count). The average Bonchev–Trinajstić information content (AvgIpc) is 2.63. The summed E-state index contributed by atoms with van der Waals surface area (Å²) >= 11 is 0. The fourth-order valence-corrected chi connectivity index (χ4v) is 2.36. The molecule has 0 aliphatic rings. The third-order valence-electron chi connectivity index (χ3n) is 3.75. The molecular formula is C18H15F6NO3. The Hall–Kier alpha value is -2.91. The van der Waals surface area contributed by atoms with Gasteiger partial charge in [0.1, 0.15) is 0 Å². The van der Waals surface area contributed by atoms with Gasteiger partial charge in [-0.25, -0.2) is 0 Å². The highest BCUT2D eigenvalue weighted by atomic mass is 19.4. The Bertz CT molecular complexity index is 829. The molecule has 0 aliphatic carbocycles. The Morgan fingerprint density at radius 2 is 1.39 bits per heavy atom. The highest BCUT2D eigenvalue weighted by Gasteiger charge is 2.37. The third-order valence-corrected chi connectivity index (χ3v) is 3.75. The normalized spacial score (nSPS) is 11.9. The third kappa shape index (κ3) is 5.08. The predicted molar refractivity (Wildman–Crippen MR) is 87.2 cm³/mol. The molecular weight excluding hydrogens is 392 g/mol. The Morgan fingerprint density at radius 1 is 0.857 bits per heavy atom. The number of carbonyl (C=O) groups is 1. The molecule has 28 heavy (non-hydrogen) atoms. The molecule has 0 aliphatic heterocycles. The van der Waals surface area contributed by atoms with E-state index >= 15 is 0 Å². The minimum atomic E-state index is -5.03. The van der Waals surface area contributed by atoms with Gasteiger partial charge in [0, 0.05) is 12.1 Å². The van der Waals surface area contributed by atoms with Crippen LogP contribution in [-0.4, -0.2) is 20.1 Å². The van der Waals surface area contributed by atoms with Gasteiger partial charge in [0.25, 0.3) is 5.91 Å². The molecule has 1 N–H and O–H groups in total. The van der Waals surface area contributed by atoms with Gasteiger partial charge < -0.3 is 14.8 Å². The fraction of sp³-hybridized carbons (Fsp3) is 0.278. The zero-order valence-corrected chi connectivity index (χ0v) is 14.7. The largest absolute Gasteiger partial charge is 0.493 e. The van der Waals surface area contributed by atoms with Gasteiger partial charge >= 0.3 is 12.4 Å². The highest BCUT2D eigenvalue weighted by Crippen LogP contribution is 2.36. The lowest BCUT2D eigenvalue weighted by atomic mass is 10.0. The average molecular weight is 407 g/mol. The number of hydrogen-bond donors (Lipinski definition) is 1. The zero-order valence-electron chi connectivity index (χ0n) is 14.7. The maximum absolute atomic E-state index is 12.9. The van der Waals surface area contributed by atoms with Crippen molar-refractivity contribution in [2.45, 2.75) is 18.9 Å². The summed E-state index contributed by atoms with van der Waals surface area (Å²) in [6.07, 6.45) is -10.1. The minimum absolute atomic E-state index is 0.0366. The first-order valence-electron chi connectivity index (χ1n) is 7.74. The number of amides is 1. The fourth-order valence-electron chi connectivity index (χ4n) is 2.36. The topological polar surface area (TPSA) is 47.6 Å². The molecule has 2 aromatic rings. The predicted octanol–water partition coefficient (Wildman–Crippen LogP) is 4.67. The first-order valence-corrected chi connectivity index (χ1v) is 7.74. The van der Waals surface area contributed by atoms with Crippen LogP contribution in [0.3, 0.4) is 0 Å². The van der Waals surface area contributed by atoms with Crippen molar-refractivity contribution < 1.29 is 40.6 Å². The molecule has 0 heterocycles. The molecule has 0 atom stereocenters. The summed E-state index contributed by atoms with van der Waals surface area (Å²) in [5.74, 6) is -0.302.